The van der Waals surface area contributed by atoms with Gasteiger partial charge < -0.3 is 10.1 Å². The number of carbonyl (C=O) groups excluding carboxylic acids is 2. The lowest BCUT2D eigenvalue weighted by Gasteiger charge is -2.11. The van der Waals surface area contributed by atoms with Crippen molar-refractivity contribution in [2.24, 2.45) is 0 Å². The summed E-state index contributed by atoms with van der Waals surface area (Å²) in [5.74, 6) is -1.10. The molecule has 0 saturated carbocycles. The quantitative estimate of drug-likeness (QED) is 0.494. The number of nitro groups is 1. The molecule has 0 fully saturated rings. The van der Waals surface area contributed by atoms with Crippen LogP contribution in [0.15, 0.2) is 12.1 Å². The molecule has 0 atom stereocenters. The fourth-order valence-corrected chi connectivity index (χ4v) is 1.85. The number of unbranched alkanes of at least 4 members (excludes halogenated alkanes) is 1. The van der Waals surface area contributed by atoms with E-state index in [9.17, 15) is 19.7 Å². The molecule has 0 aliphatic rings. The number of hydrogen-bond donors (Lipinski definition) is 1. The van der Waals surface area contributed by atoms with Crippen molar-refractivity contribution in [2.45, 2.75) is 33.1 Å². The molecule has 0 spiro atoms. The Morgan fingerprint density at radius 2 is 2.05 bits per heavy atom. The van der Waals surface area contributed by atoms with Crippen molar-refractivity contribution in [1.82, 2.24) is 0 Å². The van der Waals surface area contributed by atoms with Gasteiger partial charge in [-0.15, -0.1) is 0 Å². The van der Waals surface area contributed by atoms with Gasteiger partial charge in [0.05, 0.1) is 17.6 Å². The van der Waals surface area contributed by atoms with Crippen molar-refractivity contribution in [1.29, 1.82) is 0 Å². The first kappa shape index (κ1) is 16.6. The number of nitrogens with zero attached hydrogens (tertiary/aromatic N) is 1. The Morgan fingerprint density at radius 3 is 2.57 bits per heavy atom. The lowest BCUT2D eigenvalue weighted by atomic mass is 10.1. The van der Waals surface area contributed by atoms with Crippen LogP contribution < -0.4 is 5.32 Å². The molecular formula is C14H18N2O5. The molecule has 0 heterocycles. The van der Waals surface area contributed by atoms with Crippen molar-refractivity contribution in [2.75, 3.05) is 12.4 Å². The molecule has 114 valence electrons. The summed E-state index contributed by atoms with van der Waals surface area (Å²) in [7, 11) is 1.18. The fourth-order valence-electron chi connectivity index (χ4n) is 1.85. The van der Waals surface area contributed by atoms with E-state index in [1.54, 1.807) is 6.92 Å². The van der Waals surface area contributed by atoms with Crippen LogP contribution in [0.2, 0.25) is 0 Å². The average Bonchev–Trinajstić information content (AvgIpc) is 2.45. The SMILES string of the molecule is CCCCC(=O)Nc1c(C(=O)OC)cc(C)cc1[N+](=O)[O-]. The third kappa shape index (κ3) is 4.27. The van der Waals surface area contributed by atoms with E-state index in [-0.39, 0.29) is 29.3 Å². The standard InChI is InChI=1S/C14H18N2O5/c1-4-5-6-12(17)15-13-10(14(18)21-3)7-9(2)8-11(13)16(19)20/h7-8H,4-6H2,1-3H3,(H,15,17). The van der Waals surface area contributed by atoms with Gasteiger partial charge in [0.1, 0.15) is 5.69 Å². The summed E-state index contributed by atoms with van der Waals surface area (Å²) < 4.78 is 4.62. The molecule has 0 aliphatic heterocycles. The van der Waals surface area contributed by atoms with Gasteiger partial charge in [-0.05, 0) is 25.0 Å². The Kier molecular flexibility index (Phi) is 5.83. The van der Waals surface area contributed by atoms with Gasteiger partial charge in [0.2, 0.25) is 5.91 Å². The zero-order valence-corrected chi connectivity index (χ0v) is 12.3. The second kappa shape index (κ2) is 7.37. The number of amides is 1. The van der Waals surface area contributed by atoms with E-state index in [1.165, 1.54) is 19.2 Å². The first-order valence-corrected chi connectivity index (χ1v) is 6.57. The third-order valence-electron chi connectivity index (χ3n) is 2.89. The minimum atomic E-state index is -0.729. The molecule has 21 heavy (non-hydrogen) atoms. The van der Waals surface area contributed by atoms with Gasteiger partial charge in [-0.25, -0.2) is 4.79 Å². The van der Waals surface area contributed by atoms with E-state index in [2.05, 4.69) is 10.1 Å². The molecule has 1 amide bonds. The summed E-state index contributed by atoms with van der Waals surface area (Å²) >= 11 is 0. The molecule has 1 aromatic carbocycles. The van der Waals surface area contributed by atoms with Crippen LogP contribution in [0.5, 0.6) is 0 Å². The fraction of sp³-hybridized carbons (Fsp3) is 0.429. The Labute approximate surface area is 122 Å². The largest absolute Gasteiger partial charge is 0.465 e. The Balaban J connectivity index is 3.27. The normalized spacial score (nSPS) is 10.0. The maximum atomic E-state index is 11.8. The topological polar surface area (TPSA) is 98.5 Å². The zero-order chi connectivity index (χ0) is 16.0. The lowest BCUT2D eigenvalue weighted by Crippen LogP contribution is -2.16. The molecule has 1 aromatic rings. The number of carbonyl (C=O) groups is 2. The maximum absolute atomic E-state index is 11.8. The molecule has 0 aromatic heterocycles. The summed E-state index contributed by atoms with van der Waals surface area (Å²) in [6, 6.07) is 2.76. The van der Waals surface area contributed by atoms with Gasteiger partial charge in [0.25, 0.3) is 5.69 Å². The van der Waals surface area contributed by atoms with Gasteiger partial charge in [-0.3, -0.25) is 14.9 Å². The van der Waals surface area contributed by atoms with Gasteiger partial charge >= 0.3 is 5.97 Å². The lowest BCUT2D eigenvalue weighted by molar-refractivity contribution is -0.384. The number of anilines is 1. The molecule has 0 bridgehead atoms. The van der Waals surface area contributed by atoms with Crippen LogP contribution in [-0.2, 0) is 9.53 Å². The highest BCUT2D eigenvalue weighted by Crippen LogP contribution is 2.31. The second-order valence-electron chi connectivity index (χ2n) is 4.61. The predicted molar refractivity (Wildman–Crippen MR) is 77.3 cm³/mol. The second-order valence-corrected chi connectivity index (χ2v) is 4.61. The summed E-state index contributed by atoms with van der Waals surface area (Å²) in [5.41, 5.74) is 0.0847. The monoisotopic (exact) mass is 294 g/mol. The summed E-state index contributed by atoms with van der Waals surface area (Å²) in [4.78, 5) is 34.1. The van der Waals surface area contributed by atoms with Gasteiger partial charge in [-0.1, -0.05) is 13.3 Å². The van der Waals surface area contributed by atoms with Crippen LogP contribution in [0.3, 0.4) is 0 Å². The number of aryl methyl sites for hydroxylation is 1. The van der Waals surface area contributed by atoms with Crippen molar-refractivity contribution in [3.05, 3.63) is 33.4 Å². The Bertz CT molecular complexity index is 569. The number of rotatable bonds is 6. The smallest absolute Gasteiger partial charge is 0.340 e. The summed E-state index contributed by atoms with van der Waals surface area (Å²) in [6.07, 6.45) is 1.73. The van der Waals surface area contributed by atoms with Crippen LogP contribution in [0.25, 0.3) is 0 Å². The first-order valence-electron chi connectivity index (χ1n) is 6.57. The van der Waals surface area contributed by atoms with Crippen molar-refractivity contribution in [3.8, 4) is 0 Å². The van der Waals surface area contributed by atoms with Crippen LogP contribution in [0.4, 0.5) is 11.4 Å². The Morgan fingerprint density at radius 1 is 1.38 bits per heavy atom. The number of hydrogen-bond acceptors (Lipinski definition) is 5. The zero-order valence-electron chi connectivity index (χ0n) is 12.3. The molecule has 1 N–H and O–H groups in total. The minimum Gasteiger partial charge on any atom is -0.465 e. The van der Waals surface area contributed by atoms with E-state index in [1.807, 2.05) is 6.92 Å². The summed E-state index contributed by atoms with van der Waals surface area (Å²) in [5, 5.41) is 13.6. The van der Waals surface area contributed by atoms with Gasteiger partial charge in [0, 0.05) is 12.5 Å². The molecule has 1 rings (SSSR count). The van der Waals surface area contributed by atoms with Crippen LogP contribution in [0.1, 0.15) is 42.1 Å². The van der Waals surface area contributed by atoms with E-state index in [4.69, 9.17) is 0 Å². The molecule has 0 radical (unpaired) electrons. The van der Waals surface area contributed by atoms with E-state index >= 15 is 0 Å². The van der Waals surface area contributed by atoms with Gasteiger partial charge in [0.15, 0.2) is 0 Å². The van der Waals surface area contributed by atoms with Crippen molar-refractivity contribution < 1.29 is 19.2 Å². The summed E-state index contributed by atoms with van der Waals surface area (Å²) in [6.45, 7) is 3.56. The van der Waals surface area contributed by atoms with Crippen molar-refractivity contribution >= 4 is 23.3 Å². The maximum Gasteiger partial charge on any atom is 0.340 e. The highest BCUT2D eigenvalue weighted by Gasteiger charge is 2.24. The molecule has 0 saturated heterocycles. The number of benzene rings is 1. The number of nitrogens with one attached hydrogen (secondary N) is 1. The molecule has 0 aliphatic carbocycles. The predicted octanol–water partition coefficient (Wildman–Crippen LogP) is 2.82. The van der Waals surface area contributed by atoms with Crippen molar-refractivity contribution in [3.63, 3.8) is 0 Å². The molecule has 0 unspecified atom stereocenters. The average molecular weight is 294 g/mol. The van der Waals surface area contributed by atoms with E-state index in [0.29, 0.717) is 12.0 Å². The van der Waals surface area contributed by atoms with E-state index in [0.717, 1.165) is 6.42 Å². The minimum absolute atomic E-state index is 0.0194. The number of nitro benzene ring substituents is 1. The van der Waals surface area contributed by atoms with Crippen LogP contribution in [-0.4, -0.2) is 23.9 Å². The molecule has 7 nitrogen and oxygen atoms in total. The molecular weight excluding hydrogens is 276 g/mol. The third-order valence-corrected chi connectivity index (χ3v) is 2.89. The Hall–Kier alpha value is -2.44. The highest BCUT2D eigenvalue weighted by molar-refractivity contribution is 6.04. The first-order chi connectivity index (χ1) is 9.90. The molecule has 7 heteroatoms. The number of esters is 1. The number of ether oxygens (including phenoxy) is 1. The van der Waals surface area contributed by atoms with Crippen LogP contribution in [0, 0.1) is 17.0 Å². The van der Waals surface area contributed by atoms with E-state index < -0.39 is 10.9 Å². The number of methoxy groups -OCH3 is 1. The van der Waals surface area contributed by atoms with Gasteiger partial charge in [-0.2, -0.15) is 0 Å². The highest BCUT2D eigenvalue weighted by atomic mass is 16.6. The van der Waals surface area contributed by atoms with Crippen LogP contribution >= 0.6 is 0 Å².